The van der Waals surface area contributed by atoms with Crippen LogP contribution in [-0.2, 0) is 9.47 Å². The number of allylic oxidation sites excluding steroid dienone is 6. The number of hydrogen-bond acceptors (Lipinski definition) is 10. The standard InChI is InChI=1S/C20H30B2O10/c1-3-9(21-19-17(29)15(27)13(25)11(7-23)31-19)5-6-10(4-2)22-20-18(30)16(28)14(26)12(8-24)32-20/h3-6,11-20,23-30H,1-2,7-8H2/b9-5+,10-6+/t11-,12-,13-,14-,15+,16+,17+,18+,19?,20?/m1/s1. The van der Waals surface area contributed by atoms with E-state index < -0.39 is 74.1 Å². The molecule has 0 aromatic carbocycles. The average Bonchev–Trinajstić information content (AvgIpc) is 2.80. The summed E-state index contributed by atoms with van der Waals surface area (Å²) in [5.41, 5.74) is 0.937. The minimum atomic E-state index is -1.51. The van der Waals surface area contributed by atoms with Gasteiger partial charge >= 0.3 is 0 Å². The predicted octanol–water partition coefficient (Wildman–Crippen LogP) is -3.87. The third-order valence-electron chi connectivity index (χ3n) is 5.51. The van der Waals surface area contributed by atoms with E-state index in [1.54, 1.807) is 12.2 Å². The van der Waals surface area contributed by atoms with Gasteiger partial charge in [0.15, 0.2) is 14.6 Å². The van der Waals surface area contributed by atoms with Gasteiger partial charge in [-0.1, -0.05) is 48.4 Å². The number of aliphatic hydroxyl groups is 8. The van der Waals surface area contributed by atoms with Gasteiger partial charge in [0.05, 0.1) is 25.2 Å². The molecule has 0 aromatic heterocycles. The Morgan fingerprint density at radius 1 is 0.625 bits per heavy atom. The molecule has 2 aliphatic rings. The lowest BCUT2D eigenvalue weighted by Crippen LogP contribution is -2.60. The molecule has 12 heteroatoms. The van der Waals surface area contributed by atoms with E-state index in [4.69, 9.17) is 9.47 Å². The fraction of sp³-hybridized carbons (Fsp3) is 0.600. The Labute approximate surface area is 187 Å². The first kappa shape index (κ1) is 26.9. The van der Waals surface area contributed by atoms with Gasteiger partial charge in [-0.2, -0.15) is 0 Å². The van der Waals surface area contributed by atoms with Crippen molar-refractivity contribution in [1.29, 1.82) is 0 Å². The van der Waals surface area contributed by atoms with Gasteiger partial charge in [-0.15, -0.1) is 0 Å². The van der Waals surface area contributed by atoms with Gasteiger partial charge in [-0.05, 0) is 0 Å². The average molecular weight is 452 g/mol. The molecular formula is C20H30B2O10. The maximum atomic E-state index is 10.2. The Balaban J connectivity index is 2.11. The smallest absolute Gasteiger partial charge is 0.193 e. The van der Waals surface area contributed by atoms with E-state index >= 15 is 0 Å². The minimum Gasteiger partial charge on any atom is -0.394 e. The molecule has 0 spiro atoms. The number of ether oxygens (including phenoxy) is 2. The largest absolute Gasteiger partial charge is 0.394 e. The molecular weight excluding hydrogens is 422 g/mol. The van der Waals surface area contributed by atoms with E-state index in [2.05, 4.69) is 13.2 Å². The summed E-state index contributed by atoms with van der Waals surface area (Å²) >= 11 is 0. The maximum absolute atomic E-state index is 10.2. The molecule has 0 aromatic rings. The van der Waals surface area contributed by atoms with Crippen LogP contribution in [0.5, 0.6) is 0 Å². The van der Waals surface area contributed by atoms with Crippen LogP contribution in [0.25, 0.3) is 0 Å². The molecule has 2 saturated heterocycles. The fourth-order valence-electron chi connectivity index (χ4n) is 3.49. The Morgan fingerprint density at radius 3 is 1.25 bits per heavy atom. The molecule has 2 fully saturated rings. The van der Waals surface area contributed by atoms with E-state index in [9.17, 15) is 40.9 Å². The van der Waals surface area contributed by atoms with Crippen LogP contribution in [0.4, 0.5) is 0 Å². The molecule has 2 heterocycles. The van der Waals surface area contributed by atoms with Crippen LogP contribution in [0.2, 0.25) is 0 Å². The van der Waals surface area contributed by atoms with Crippen LogP contribution in [0.3, 0.4) is 0 Å². The van der Waals surface area contributed by atoms with Crippen molar-refractivity contribution in [3.8, 4) is 0 Å². The lowest BCUT2D eigenvalue weighted by molar-refractivity contribution is -0.208. The monoisotopic (exact) mass is 452 g/mol. The normalized spacial score (nSPS) is 41.1. The summed E-state index contributed by atoms with van der Waals surface area (Å²) in [7, 11) is 2.92. The zero-order chi connectivity index (χ0) is 24.0. The summed E-state index contributed by atoms with van der Waals surface area (Å²) < 4.78 is 10.9. The first-order chi connectivity index (χ1) is 15.2. The van der Waals surface area contributed by atoms with Crippen LogP contribution in [0, 0.1) is 0 Å². The van der Waals surface area contributed by atoms with Crippen LogP contribution >= 0.6 is 0 Å². The van der Waals surface area contributed by atoms with Crippen LogP contribution < -0.4 is 0 Å². The van der Waals surface area contributed by atoms with Gasteiger partial charge in [-0.25, -0.2) is 0 Å². The lowest BCUT2D eigenvalue weighted by Gasteiger charge is -2.40. The van der Waals surface area contributed by atoms with Crippen molar-refractivity contribution in [3.63, 3.8) is 0 Å². The van der Waals surface area contributed by atoms with Crippen molar-refractivity contribution in [1.82, 2.24) is 0 Å². The van der Waals surface area contributed by atoms with Crippen molar-refractivity contribution in [3.05, 3.63) is 48.4 Å². The Kier molecular flexibility index (Phi) is 10.3. The third-order valence-corrected chi connectivity index (χ3v) is 5.51. The Hall–Kier alpha value is -1.31. The highest BCUT2D eigenvalue weighted by Crippen LogP contribution is 2.23. The molecule has 0 bridgehead atoms. The van der Waals surface area contributed by atoms with Crippen molar-refractivity contribution in [2.45, 2.75) is 60.8 Å². The van der Waals surface area contributed by atoms with Gasteiger partial charge in [0.25, 0.3) is 0 Å². The molecule has 8 N–H and O–H groups in total. The van der Waals surface area contributed by atoms with Gasteiger partial charge in [0, 0.05) is 0 Å². The maximum Gasteiger partial charge on any atom is 0.193 e. The summed E-state index contributed by atoms with van der Waals surface area (Å²) in [6, 6.07) is -2.05. The number of aliphatic hydroxyl groups excluding tert-OH is 8. The second-order valence-corrected chi connectivity index (χ2v) is 7.66. The van der Waals surface area contributed by atoms with E-state index in [1.807, 2.05) is 0 Å². The van der Waals surface area contributed by atoms with E-state index in [0.29, 0.717) is 10.9 Å². The fourth-order valence-corrected chi connectivity index (χ4v) is 3.49. The molecule has 32 heavy (non-hydrogen) atoms. The quantitative estimate of drug-likeness (QED) is 0.127. The molecule has 2 radical (unpaired) electrons. The highest BCUT2D eigenvalue weighted by molar-refractivity contribution is 6.49. The predicted molar refractivity (Wildman–Crippen MR) is 116 cm³/mol. The summed E-state index contributed by atoms with van der Waals surface area (Å²) in [4.78, 5) is 0. The summed E-state index contributed by atoms with van der Waals surface area (Å²) in [6.45, 7) is 6.27. The number of rotatable bonds is 9. The zero-order valence-corrected chi connectivity index (χ0v) is 17.5. The molecule has 0 saturated carbocycles. The molecule has 0 aliphatic carbocycles. The second-order valence-electron chi connectivity index (χ2n) is 7.66. The van der Waals surface area contributed by atoms with E-state index in [0.717, 1.165) is 0 Å². The van der Waals surface area contributed by atoms with Crippen molar-refractivity contribution in [2.24, 2.45) is 0 Å². The minimum absolute atomic E-state index is 0.468. The molecule has 176 valence electrons. The molecule has 10 atom stereocenters. The van der Waals surface area contributed by atoms with Gasteiger partial charge in [0.2, 0.25) is 0 Å². The van der Waals surface area contributed by atoms with E-state index in [-0.39, 0.29) is 0 Å². The highest BCUT2D eigenvalue weighted by atomic mass is 16.5. The third kappa shape index (κ3) is 6.17. The second kappa shape index (κ2) is 12.2. The number of hydrogen-bond donors (Lipinski definition) is 8. The molecule has 2 rings (SSSR count). The first-order valence-electron chi connectivity index (χ1n) is 10.2. The molecule has 0 amide bonds. The van der Waals surface area contributed by atoms with Crippen LogP contribution in [0.15, 0.2) is 48.4 Å². The highest BCUT2D eigenvalue weighted by Gasteiger charge is 2.44. The van der Waals surface area contributed by atoms with E-state index in [1.165, 1.54) is 26.7 Å². The van der Waals surface area contributed by atoms with Crippen molar-refractivity contribution < 1.29 is 50.3 Å². The summed E-state index contributed by atoms with van der Waals surface area (Å²) in [5, 5.41) is 78.5. The molecule has 2 unspecified atom stereocenters. The Bertz CT molecular complexity index is 640. The van der Waals surface area contributed by atoms with Crippen molar-refractivity contribution in [2.75, 3.05) is 13.2 Å². The first-order valence-corrected chi connectivity index (χ1v) is 10.2. The van der Waals surface area contributed by atoms with Gasteiger partial charge in [-0.3, -0.25) is 0 Å². The summed E-state index contributed by atoms with van der Waals surface area (Å²) in [5.74, 6) is 0. The van der Waals surface area contributed by atoms with Gasteiger partial charge in [0.1, 0.15) is 48.8 Å². The topological polar surface area (TPSA) is 180 Å². The SMILES string of the molecule is C=C/C([B]C1O[C@H](CO)[C@@H](O)[C@H](O)[C@@H]1O)=C\C=C(\[B]C1O[C@H](CO)[C@@H](O)[C@H](O)[C@@H]1O)C=C. The lowest BCUT2D eigenvalue weighted by atomic mass is 9.58. The van der Waals surface area contributed by atoms with Gasteiger partial charge < -0.3 is 50.3 Å². The molecule has 2 aliphatic heterocycles. The molecule has 10 nitrogen and oxygen atoms in total. The van der Waals surface area contributed by atoms with Crippen LogP contribution in [-0.4, -0.2) is 129 Å². The van der Waals surface area contributed by atoms with Crippen LogP contribution in [0.1, 0.15) is 0 Å². The Morgan fingerprint density at radius 2 is 0.969 bits per heavy atom. The summed E-state index contributed by atoms with van der Waals surface area (Å²) in [6.07, 6.45) is -4.83. The zero-order valence-electron chi connectivity index (χ0n) is 17.5. The van der Waals surface area contributed by atoms with Crippen molar-refractivity contribution >= 4 is 14.6 Å².